The second-order valence-corrected chi connectivity index (χ2v) is 10.8. The van der Waals surface area contributed by atoms with Crippen molar-refractivity contribution in [2.75, 3.05) is 24.6 Å². The maximum atomic E-state index is 12.4. The Balaban J connectivity index is 1.76. The van der Waals surface area contributed by atoms with Gasteiger partial charge in [-0.05, 0) is 48.4 Å². The summed E-state index contributed by atoms with van der Waals surface area (Å²) in [5.74, 6) is -0.0660. The predicted molar refractivity (Wildman–Crippen MR) is 146 cm³/mol. The van der Waals surface area contributed by atoms with E-state index >= 15 is 0 Å². The molecule has 5 rings (SSSR count). The Morgan fingerprint density at radius 1 is 0.972 bits per heavy atom. The molecule has 2 heterocycles. The molecule has 7 nitrogen and oxygen atoms in total. The summed E-state index contributed by atoms with van der Waals surface area (Å²) >= 11 is 0. The van der Waals surface area contributed by atoms with Crippen LogP contribution < -0.4 is 4.72 Å². The van der Waals surface area contributed by atoms with Crippen LogP contribution in [0.25, 0.3) is 44.2 Å². The third-order valence-electron chi connectivity index (χ3n) is 6.19. The molecule has 2 N–H and O–H groups in total. The molecule has 0 atom stereocenters. The summed E-state index contributed by atoms with van der Waals surface area (Å²) < 4.78 is 27.0. The summed E-state index contributed by atoms with van der Waals surface area (Å²) in [6, 6.07) is 23.0. The number of carbonyl (C=O) groups is 1. The van der Waals surface area contributed by atoms with E-state index in [2.05, 4.69) is 9.71 Å². The molecule has 2 aromatic heterocycles. The lowest BCUT2D eigenvalue weighted by Gasteiger charge is -2.14. The number of aromatic amines is 1. The third kappa shape index (κ3) is 4.31. The smallest absolute Gasteiger partial charge is 0.253 e. The Labute approximate surface area is 209 Å². The van der Waals surface area contributed by atoms with Crippen LogP contribution in [0.4, 0.5) is 5.69 Å². The molecule has 36 heavy (non-hydrogen) atoms. The van der Waals surface area contributed by atoms with Crippen molar-refractivity contribution < 1.29 is 13.2 Å². The topological polar surface area (TPSA) is 95.2 Å². The molecule has 0 aliphatic carbocycles. The first-order valence-corrected chi connectivity index (χ1v) is 13.2. The van der Waals surface area contributed by atoms with Crippen LogP contribution in [-0.4, -0.2) is 49.0 Å². The Bertz CT molecular complexity index is 1690. The minimum absolute atomic E-state index is 0.00773. The number of nitrogens with one attached hydrogen (secondary N) is 2. The highest BCUT2D eigenvalue weighted by Gasteiger charge is 2.18. The van der Waals surface area contributed by atoms with Crippen molar-refractivity contribution in [3.8, 4) is 22.3 Å². The highest BCUT2D eigenvalue weighted by Crippen LogP contribution is 2.41. The molecule has 8 heteroatoms. The van der Waals surface area contributed by atoms with E-state index in [9.17, 15) is 13.2 Å². The van der Waals surface area contributed by atoms with Gasteiger partial charge in [0.25, 0.3) is 5.91 Å². The minimum Gasteiger partial charge on any atom is -0.345 e. The number of aromatic nitrogens is 2. The first-order valence-electron chi connectivity index (χ1n) is 11.6. The van der Waals surface area contributed by atoms with Crippen LogP contribution in [0.1, 0.15) is 17.3 Å². The van der Waals surface area contributed by atoms with Gasteiger partial charge in [0.15, 0.2) is 0 Å². The molecule has 0 unspecified atom stereocenters. The molecule has 0 aliphatic heterocycles. The zero-order valence-electron chi connectivity index (χ0n) is 20.2. The van der Waals surface area contributed by atoms with E-state index < -0.39 is 10.0 Å². The fourth-order valence-corrected chi connectivity index (χ4v) is 4.98. The lowest BCUT2D eigenvalue weighted by molar-refractivity contribution is 0.0827. The second kappa shape index (κ2) is 9.13. The van der Waals surface area contributed by atoms with E-state index in [0.29, 0.717) is 16.9 Å². The average molecular weight is 499 g/mol. The Morgan fingerprint density at radius 2 is 1.69 bits per heavy atom. The molecule has 0 spiro atoms. The number of benzene rings is 3. The van der Waals surface area contributed by atoms with Crippen molar-refractivity contribution in [2.24, 2.45) is 0 Å². The Kier molecular flexibility index (Phi) is 5.97. The highest BCUT2D eigenvalue weighted by atomic mass is 32.2. The average Bonchev–Trinajstić information content (AvgIpc) is 3.26. The van der Waals surface area contributed by atoms with E-state index in [1.807, 2.05) is 72.9 Å². The zero-order chi connectivity index (χ0) is 25.4. The van der Waals surface area contributed by atoms with Crippen LogP contribution in [0.2, 0.25) is 0 Å². The summed E-state index contributed by atoms with van der Waals surface area (Å²) in [7, 11) is 0.0442. The minimum atomic E-state index is -3.42. The van der Waals surface area contributed by atoms with Gasteiger partial charge in [-0.1, -0.05) is 42.5 Å². The molecular weight excluding hydrogens is 472 g/mol. The summed E-state index contributed by atoms with van der Waals surface area (Å²) in [4.78, 5) is 22.0. The van der Waals surface area contributed by atoms with Crippen LogP contribution >= 0.6 is 0 Å². The van der Waals surface area contributed by atoms with Gasteiger partial charge in [-0.25, -0.2) is 13.4 Å². The van der Waals surface area contributed by atoms with Crippen LogP contribution in [0.3, 0.4) is 0 Å². The number of fused-ring (bicyclic) bond motifs is 3. The zero-order valence-corrected chi connectivity index (χ0v) is 21.1. The molecule has 3 aromatic carbocycles. The summed E-state index contributed by atoms with van der Waals surface area (Å²) in [5, 5.41) is 1.77. The normalized spacial score (nSPS) is 11.6. The van der Waals surface area contributed by atoms with Gasteiger partial charge >= 0.3 is 0 Å². The van der Waals surface area contributed by atoms with Crippen molar-refractivity contribution >= 4 is 43.6 Å². The maximum Gasteiger partial charge on any atom is 0.253 e. The first-order chi connectivity index (χ1) is 17.3. The number of anilines is 1. The SMILES string of the molecule is CCS(=O)(=O)Nc1ccc2[nH]c3ncc(-c4ccc(C(=O)N(C)C)cc4)c(-c4ccccc4)c3c2c1. The molecule has 0 radical (unpaired) electrons. The first kappa shape index (κ1) is 23.6. The van der Waals surface area contributed by atoms with Gasteiger partial charge in [0.2, 0.25) is 10.0 Å². The molecule has 5 aromatic rings. The van der Waals surface area contributed by atoms with E-state index in [1.165, 1.54) is 0 Å². The number of rotatable bonds is 6. The number of amides is 1. The number of sulfonamides is 1. The Hall–Kier alpha value is -4.17. The number of hydrogen-bond donors (Lipinski definition) is 2. The maximum absolute atomic E-state index is 12.4. The summed E-state index contributed by atoms with van der Waals surface area (Å²) in [6.07, 6.45) is 1.84. The van der Waals surface area contributed by atoms with Gasteiger partial charge in [-0.3, -0.25) is 9.52 Å². The van der Waals surface area contributed by atoms with Gasteiger partial charge in [-0.2, -0.15) is 0 Å². The van der Waals surface area contributed by atoms with Gasteiger partial charge in [-0.15, -0.1) is 0 Å². The van der Waals surface area contributed by atoms with Crippen LogP contribution in [-0.2, 0) is 10.0 Å². The summed E-state index contributed by atoms with van der Waals surface area (Å²) in [6.45, 7) is 1.60. The van der Waals surface area contributed by atoms with Crippen molar-refractivity contribution in [3.05, 3.63) is 84.6 Å². The molecule has 0 saturated carbocycles. The lowest BCUT2D eigenvalue weighted by atomic mass is 9.92. The van der Waals surface area contributed by atoms with Gasteiger partial charge < -0.3 is 9.88 Å². The highest BCUT2D eigenvalue weighted by molar-refractivity contribution is 7.92. The molecule has 0 bridgehead atoms. The van der Waals surface area contributed by atoms with Gasteiger partial charge in [0.1, 0.15) is 5.65 Å². The lowest BCUT2D eigenvalue weighted by Crippen LogP contribution is -2.21. The number of hydrogen-bond acceptors (Lipinski definition) is 4. The molecule has 182 valence electrons. The Morgan fingerprint density at radius 3 is 2.36 bits per heavy atom. The molecule has 0 saturated heterocycles. The largest absolute Gasteiger partial charge is 0.345 e. The molecule has 0 fully saturated rings. The number of H-pyrrole nitrogens is 1. The van der Waals surface area contributed by atoms with Crippen molar-refractivity contribution in [1.29, 1.82) is 0 Å². The van der Waals surface area contributed by atoms with Gasteiger partial charge in [0.05, 0.1) is 5.75 Å². The van der Waals surface area contributed by atoms with Crippen LogP contribution in [0.5, 0.6) is 0 Å². The molecular formula is C28H26N4O3S. The van der Waals surface area contributed by atoms with E-state index in [0.717, 1.165) is 38.5 Å². The van der Waals surface area contributed by atoms with Crippen molar-refractivity contribution in [1.82, 2.24) is 14.9 Å². The number of nitrogens with zero attached hydrogens (tertiary/aromatic N) is 2. The summed E-state index contributed by atoms with van der Waals surface area (Å²) in [5.41, 5.74) is 6.51. The number of pyridine rings is 1. The molecule has 1 amide bonds. The fraction of sp³-hybridized carbons (Fsp3) is 0.143. The van der Waals surface area contributed by atoms with E-state index in [1.54, 1.807) is 32.0 Å². The number of carbonyl (C=O) groups excluding carboxylic acids is 1. The van der Waals surface area contributed by atoms with E-state index in [4.69, 9.17) is 4.98 Å². The van der Waals surface area contributed by atoms with Crippen molar-refractivity contribution in [2.45, 2.75) is 6.92 Å². The second-order valence-electron chi connectivity index (χ2n) is 8.80. The van der Waals surface area contributed by atoms with Crippen LogP contribution in [0, 0.1) is 0 Å². The monoisotopic (exact) mass is 498 g/mol. The predicted octanol–water partition coefficient (Wildman–Crippen LogP) is 5.51. The third-order valence-corrected chi connectivity index (χ3v) is 7.49. The van der Waals surface area contributed by atoms with Crippen molar-refractivity contribution in [3.63, 3.8) is 0 Å². The fourth-order valence-electron chi connectivity index (χ4n) is 4.35. The molecule has 0 aliphatic rings. The van der Waals surface area contributed by atoms with Gasteiger partial charge in [0, 0.05) is 59.0 Å². The quantitative estimate of drug-likeness (QED) is 0.323. The standard InChI is InChI=1S/C28H26N4O3S/c1-4-36(34,35)31-21-14-15-24-22(16-21)26-25(19-8-6-5-7-9-19)23(17-29-27(26)30-24)18-10-12-20(13-11-18)28(33)32(2)3/h5-17,31H,4H2,1-3H3,(H,29,30). The van der Waals surface area contributed by atoms with E-state index in [-0.39, 0.29) is 11.7 Å². The van der Waals surface area contributed by atoms with Crippen LogP contribution in [0.15, 0.2) is 79.0 Å².